The van der Waals surface area contributed by atoms with E-state index in [1.54, 1.807) is 36.4 Å². The third-order valence-electron chi connectivity index (χ3n) is 6.15. The number of hydrogen-bond donors (Lipinski definition) is 1. The van der Waals surface area contributed by atoms with E-state index in [1.807, 2.05) is 67.6 Å². The van der Waals surface area contributed by atoms with Crippen LogP contribution in [0.5, 0.6) is 5.75 Å². The van der Waals surface area contributed by atoms with Gasteiger partial charge in [0.2, 0.25) is 0 Å². The summed E-state index contributed by atoms with van der Waals surface area (Å²) in [6.07, 6.45) is 0.690. The van der Waals surface area contributed by atoms with Gasteiger partial charge in [-0.05, 0) is 53.9 Å². The van der Waals surface area contributed by atoms with Crippen LogP contribution in [0.15, 0.2) is 114 Å². The molecule has 0 saturated carbocycles. The molecule has 0 radical (unpaired) electrons. The second kappa shape index (κ2) is 11.8. The van der Waals surface area contributed by atoms with Crippen molar-refractivity contribution in [1.82, 2.24) is 5.32 Å². The number of ether oxygens (including phenoxy) is 1. The fraction of sp³-hybridized carbons (Fsp3) is 0.167. The van der Waals surface area contributed by atoms with Gasteiger partial charge < -0.3 is 10.1 Å². The fourth-order valence-electron chi connectivity index (χ4n) is 4.15. The number of hydrogen-bond acceptors (Lipinski definition) is 4. The highest BCUT2D eigenvalue weighted by Crippen LogP contribution is 2.30. The Morgan fingerprint density at radius 1 is 0.838 bits per heavy atom. The maximum atomic E-state index is 14.0. The molecule has 6 nitrogen and oxygen atoms in total. The second-order valence-electron chi connectivity index (χ2n) is 8.53. The Labute approximate surface area is 218 Å². The van der Waals surface area contributed by atoms with Crippen molar-refractivity contribution < 1.29 is 17.9 Å². The molecular formula is C30H30N2O4S. The lowest BCUT2D eigenvalue weighted by Gasteiger charge is -2.27. The molecule has 37 heavy (non-hydrogen) atoms. The summed E-state index contributed by atoms with van der Waals surface area (Å²) < 4.78 is 34.4. The number of nitrogens with zero attached hydrogens (tertiary/aromatic N) is 1. The van der Waals surface area contributed by atoms with Crippen LogP contribution in [0.1, 0.15) is 40.9 Å². The van der Waals surface area contributed by atoms with E-state index in [0.29, 0.717) is 17.9 Å². The molecule has 1 N–H and O–H groups in total. The highest BCUT2D eigenvalue weighted by molar-refractivity contribution is 7.92. The summed E-state index contributed by atoms with van der Waals surface area (Å²) in [6.45, 7) is 2.06. The van der Waals surface area contributed by atoms with Crippen LogP contribution in [0.3, 0.4) is 0 Å². The summed E-state index contributed by atoms with van der Waals surface area (Å²) >= 11 is 0. The Hall–Kier alpha value is -4.10. The van der Waals surface area contributed by atoms with E-state index in [-0.39, 0.29) is 29.0 Å². The summed E-state index contributed by atoms with van der Waals surface area (Å²) in [7, 11) is -2.49. The molecule has 7 heteroatoms. The molecule has 0 aliphatic heterocycles. The third kappa shape index (κ3) is 6.01. The maximum Gasteiger partial charge on any atom is 0.264 e. The molecule has 0 aliphatic rings. The van der Waals surface area contributed by atoms with Crippen LogP contribution < -0.4 is 14.4 Å². The van der Waals surface area contributed by atoms with Crippen LogP contribution in [0.2, 0.25) is 0 Å². The number of sulfonamides is 1. The number of rotatable bonds is 10. The fourth-order valence-corrected chi connectivity index (χ4v) is 5.62. The molecule has 0 fully saturated rings. The standard InChI is InChI=1S/C30H30N2O4S/c1-3-28(24-14-8-5-9-15-24)31-30(33)27-16-10-11-17-29(27)32(22-23-12-6-4-7-13-23)37(34,35)26-20-18-25(36-2)19-21-26/h4-21,28H,3,22H2,1-2H3,(H,31,33)/t28-/m0/s1. The van der Waals surface area contributed by atoms with Gasteiger partial charge in [0.25, 0.3) is 15.9 Å². The van der Waals surface area contributed by atoms with E-state index in [9.17, 15) is 13.2 Å². The van der Waals surface area contributed by atoms with Gasteiger partial charge in [0.15, 0.2) is 0 Å². The van der Waals surface area contributed by atoms with Crippen LogP contribution in [-0.2, 0) is 16.6 Å². The number of nitrogens with one attached hydrogen (secondary N) is 1. The minimum atomic E-state index is -4.02. The number of carbonyl (C=O) groups excluding carboxylic acids is 1. The molecule has 4 rings (SSSR count). The summed E-state index contributed by atoms with van der Waals surface area (Å²) in [5.41, 5.74) is 2.38. The number of amides is 1. The van der Waals surface area contributed by atoms with Crippen molar-refractivity contribution in [3.8, 4) is 5.75 Å². The van der Waals surface area contributed by atoms with E-state index < -0.39 is 10.0 Å². The minimum Gasteiger partial charge on any atom is -0.497 e. The van der Waals surface area contributed by atoms with Crippen molar-refractivity contribution in [2.75, 3.05) is 11.4 Å². The SMILES string of the molecule is CC[C@H](NC(=O)c1ccccc1N(Cc1ccccc1)S(=O)(=O)c1ccc(OC)cc1)c1ccccc1. The lowest BCUT2D eigenvalue weighted by Crippen LogP contribution is -2.34. The largest absolute Gasteiger partial charge is 0.497 e. The molecule has 190 valence electrons. The summed E-state index contributed by atoms with van der Waals surface area (Å²) in [4.78, 5) is 13.7. The molecule has 0 spiro atoms. The highest BCUT2D eigenvalue weighted by Gasteiger charge is 2.29. The smallest absolute Gasteiger partial charge is 0.264 e. The van der Waals surface area contributed by atoms with Crippen molar-refractivity contribution in [3.63, 3.8) is 0 Å². The van der Waals surface area contributed by atoms with Crippen LogP contribution in [0, 0.1) is 0 Å². The van der Waals surface area contributed by atoms with Gasteiger partial charge in [-0.15, -0.1) is 0 Å². The van der Waals surface area contributed by atoms with Gasteiger partial charge in [0, 0.05) is 0 Å². The summed E-state index contributed by atoms with van der Waals surface area (Å²) in [6, 6.07) is 31.9. The van der Waals surface area contributed by atoms with E-state index in [4.69, 9.17) is 4.74 Å². The van der Waals surface area contributed by atoms with Gasteiger partial charge in [0.1, 0.15) is 5.75 Å². The van der Waals surface area contributed by atoms with Crippen LogP contribution >= 0.6 is 0 Å². The molecule has 4 aromatic rings. The van der Waals surface area contributed by atoms with Gasteiger partial charge >= 0.3 is 0 Å². The molecule has 1 amide bonds. The van der Waals surface area contributed by atoms with Crippen molar-refractivity contribution in [3.05, 3.63) is 126 Å². The zero-order valence-electron chi connectivity index (χ0n) is 20.9. The first kappa shape index (κ1) is 26.0. The van der Waals surface area contributed by atoms with E-state index in [0.717, 1.165) is 11.1 Å². The average Bonchev–Trinajstić information content (AvgIpc) is 2.95. The second-order valence-corrected chi connectivity index (χ2v) is 10.4. The number of carbonyl (C=O) groups is 1. The quantitative estimate of drug-likeness (QED) is 0.283. The first-order chi connectivity index (χ1) is 17.9. The van der Waals surface area contributed by atoms with Gasteiger partial charge in [0.05, 0.1) is 35.8 Å². The molecule has 0 bridgehead atoms. The van der Waals surface area contributed by atoms with Crippen LogP contribution in [0.25, 0.3) is 0 Å². The number of methoxy groups -OCH3 is 1. The Bertz CT molecular complexity index is 1420. The maximum absolute atomic E-state index is 14.0. The average molecular weight is 515 g/mol. The Kier molecular flexibility index (Phi) is 8.25. The lowest BCUT2D eigenvalue weighted by molar-refractivity contribution is 0.0936. The zero-order chi connectivity index (χ0) is 26.3. The van der Waals surface area contributed by atoms with Gasteiger partial charge in [-0.2, -0.15) is 0 Å². The Balaban J connectivity index is 1.76. The zero-order valence-corrected chi connectivity index (χ0v) is 21.7. The van der Waals surface area contributed by atoms with Crippen molar-refractivity contribution in [2.45, 2.75) is 30.8 Å². The predicted molar refractivity (Wildman–Crippen MR) is 146 cm³/mol. The third-order valence-corrected chi connectivity index (χ3v) is 7.92. The topological polar surface area (TPSA) is 75.7 Å². The van der Waals surface area contributed by atoms with Crippen LogP contribution in [0.4, 0.5) is 5.69 Å². The first-order valence-electron chi connectivity index (χ1n) is 12.1. The molecule has 0 aromatic heterocycles. The number of benzene rings is 4. The number of para-hydroxylation sites is 1. The Morgan fingerprint density at radius 2 is 1.43 bits per heavy atom. The number of anilines is 1. The van der Waals surface area contributed by atoms with Crippen molar-refractivity contribution in [1.29, 1.82) is 0 Å². The molecule has 1 atom stereocenters. The molecular weight excluding hydrogens is 484 g/mol. The van der Waals surface area contributed by atoms with Gasteiger partial charge in [-0.25, -0.2) is 8.42 Å². The summed E-state index contributed by atoms with van der Waals surface area (Å²) in [5, 5.41) is 3.09. The lowest BCUT2D eigenvalue weighted by atomic mass is 10.0. The monoisotopic (exact) mass is 514 g/mol. The molecule has 0 saturated heterocycles. The predicted octanol–water partition coefficient (Wildman–Crippen LogP) is 5.97. The van der Waals surface area contributed by atoms with E-state index >= 15 is 0 Å². The molecule has 0 heterocycles. The first-order valence-corrected chi connectivity index (χ1v) is 13.5. The molecule has 0 aliphatic carbocycles. The Morgan fingerprint density at radius 3 is 2.05 bits per heavy atom. The van der Waals surface area contributed by atoms with Crippen molar-refractivity contribution in [2.24, 2.45) is 0 Å². The van der Waals surface area contributed by atoms with Crippen LogP contribution in [-0.4, -0.2) is 21.4 Å². The normalized spacial score (nSPS) is 11.9. The van der Waals surface area contributed by atoms with Gasteiger partial charge in [-0.3, -0.25) is 9.10 Å². The van der Waals surface area contributed by atoms with Crippen molar-refractivity contribution >= 4 is 21.6 Å². The van der Waals surface area contributed by atoms with E-state index in [2.05, 4.69) is 5.32 Å². The highest BCUT2D eigenvalue weighted by atomic mass is 32.2. The van der Waals surface area contributed by atoms with E-state index in [1.165, 1.54) is 23.5 Å². The molecule has 0 unspecified atom stereocenters. The van der Waals surface area contributed by atoms with Gasteiger partial charge in [-0.1, -0.05) is 79.7 Å². The minimum absolute atomic E-state index is 0.0649. The molecule has 4 aromatic carbocycles. The summed E-state index contributed by atoms with van der Waals surface area (Å²) in [5.74, 6) is 0.217.